The molecule has 1 aliphatic carbocycles. The molecule has 0 aliphatic heterocycles. The van der Waals surface area contributed by atoms with Crippen molar-refractivity contribution < 1.29 is 14.3 Å². The van der Waals surface area contributed by atoms with E-state index in [0.29, 0.717) is 5.75 Å². The lowest BCUT2D eigenvalue weighted by atomic mass is 9.98. The van der Waals surface area contributed by atoms with Gasteiger partial charge in [-0.1, -0.05) is 55.3 Å². The van der Waals surface area contributed by atoms with Gasteiger partial charge in [0.25, 0.3) is 0 Å². The number of ether oxygens (including phenoxy) is 2. The van der Waals surface area contributed by atoms with Crippen LogP contribution in [0.3, 0.4) is 0 Å². The van der Waals surface area contributed by atoms with Gasteiger partial charge in [0.1, 0.15) is 11.5 Å². The maximum atomic E-state index is 12.4. The van der Waals surface area contributed by atoms with Gasteiger partial charge in [-0.05, 0) is 65.4 Å². The molecule has 4 nitrogen and oxygen atoms in total. The van der Waals surface area contributed by atoms with Gasteiger partial charge in [-0.3, -0.25) is 0 Å². The van der Waals surface area contributed by atoms with Crippen molar-refractivity contribution in [3.05, 3.63) is 72.8 Å². The quantitative estimate of drug-likeness (QED) is 0.579. The molecule has 1 amide bonds. The van der Waals surface area contributed by atoms with Crippen LogP contribution in [0, 0.1) is 0 Å². The van der Waals surface area contributed by atoms with Gasteiger partial charge >= 0.3 is 6.09 Å². The molecule has 0 saturated heterocycles. The van der Waals surface area contributed by atoms with E-state index in [4.69, 9.17) is 9.47 Å². The van der Waals surface area contributed by atoms with E-state index in [1.54, 1.807) is 7.11 Å². The van der Waals surface area contributed by atoms with Crippen molar-refractivity contribution in [3.63, 3.8) is 0 Å². The molecule has 0 atom stereocenters. The molecule has 148 valence electrons. The third-order valence-corrected chi connectivity index (χ3v) is 5.32. The second-order valence-corrected chi connectivity index (χ2v) is 7.36. The fourth-order valence-corrected chi connectivity index (χ4v) is 3.78. The van der Waals surface area contributed by atoms with Crippen molar-refractivity contribution in [3.8, 4) is 33.8 Å². The van der Waals surface area contributed by atoms with Crippen LogP contribution in [-0.2, 0) is 0 Å². The Morgan fingerprint density at radius 2 is 1.41 bits per heavy atom. The van der Waals surface area contributed by atoms with E-state index < -0.39 is 0 Å². The zero-order chi connectivity index (χ0) is 20.1. The van der Waals surface area contributed by atoms with Crippen molar-refractivity contribution >= 4 is 6.09 Å². The van der Waals surface area contributed by atoms with Crippen LogP contribution < -0.4 is 14.8 Å². The Kier molecular flexibility index (Phi) is 5.80. The van der Waals surface area contributed by atoms with Gasteiger partial charge in [-0.25, -0.2) is 4.79 Å². The first kappa shape index (κ1) is 19.1. The normalized spacial score (nSPS) is 13.8. The molecule has 4 rings (SSSR count). The van der Waals surface area contributed by atoms with E-state index >= 15 is 0 Å². The number of carbonyl (C=O) groups is 1. The predicted molar refractivity (Wildman–Crippen MR) is 115 cm³/mol. The summed E-state index contributed by atoms with van der Waals surface area (Å²) in [4.78, 5) is 12.4. The van der Waals surface area contributed by atoms with Crippen LogP contribution in [0.5, 0.6) is 11.5 Å². The van der Waals surface area contributed by atoms with E-state index in [1.807, 2.05) is 54.6 Å². The van der Waals surface area contributed by atoms with Gasteiger partial charge in [-0.2, -0.15) is 0 Å². The summed E-state index contributed by atoms with van der Waals surface area (Å²) in [5.41, 5.74) is 4.09. The van der Waals surface area contributed by atoms with Crippen LogP contribution in [-0.4, -0.2) is 19.2 Å². The molecule has 0 unspecified atom stereocenters. The third kappa shape index (κ3) is 4.77. The highest BCUT2D eigenvalue weighted by molar-refractivity contribution is 5.78. The summed E-state index contributed by atoms with van der Waals surface area (Å²) in [6.07, 6.45) is 3.99. The minimum Gasteiger partial charge on any atom is -0.497 e. The lowest BCUT2D eigenvalue weighted by Gasteiger charge is -2.14. The van der Waals surface area contributed by atoms with Crippen molar-refractivity contribution in [2.24, 2.45) is 0 Å². The van der Waals surface area contributed by atoms with Crippen molar-refractivity contribution in [1.29, 1.82) is 0 Å². The Hall–Kier alpha value is -3.27. The first-order chi connectivity index (χ1) is 14.2. The maximum Gasteiger partial charge on any atom is 0.412 e. The number of hydrogen-bond donors (Lipinski definition) is 1. The highest BCUT2D eigenvalue weighted by Crippen LogP contribution is 2.32. The number of amides is 1. The zero-order valence-corrected chi connectivity index (χ0v) is 16.6. The number of methoxy groups -OCH3 is 1. The molecule has 0 bridgehead atoms. The summed E-state index contributed by atoms with van der Waals surface area (Å²) in [6.45, 7) is 0. The molecular formula is C25H25NO3. The number of hydrogen-bond acceptors (Lipinski definition) is 3. The smallest absolute Gasteiger partial charge is 0.412 e. The topological polar surface area (TPSA) is 47.6 Å². The van der Waals surface area contributed by atoms with Crippen LogP contribution >= 0.6 is 0 Å². The van der Waals surface area contributed by atoms with E-state index in [1.165, 1.54) is 0 Å². The summed E-state index contributed by atoms with van der Waals surface area (Å²) in [5, 5.41) is 2.98. The van der Waals surface area contributed by atoms with Gasteiger partial charge in [0.05, 0.1) is 7.11 Å². The highest BCUT2D eigenvalue weighted by Gasteiger charge is 2.18. The van der Waals surface area contributed by atoms with Crippen LogP contribution in [0.15, 0.2) is 72.8 Å². The molecule has 29 heavy (non-hydrogen) atoms. The van der Waals surface area contributed by atoms with Crippen LogP contribution in [0.1, 0.15) is 25.7 Å². The predicted octanol–water partition coefficient (Wildman–Crippen LogP) is 6.06. The lowest BCUT2D eigenvalue weighted by molar-refractivity contribution is 0.196. The van der Waals surface area contributed by atoms with E-state index in [0.717, 1.165) is 53.7 Å². The molecule has 1 aliphatic rings. The molecule has 1 saturated carbocycles. The summed E-state index contributed by atoms with van der Waals surface area (Å²) in [6, 6.07) is 24.1. The molecule has 0 heterocycles. The van der Waals surface area contributed by atoms with E-state index in [9.17, 15) is 4.79 Å². The van der Waals surface area contributed by atoms with Gasteiger partial charge < -0.3 is 14.8 Å². The first-order valence-corrected chi connectivity index (χ1v) is 10.0. The molecule has 1 N–H and O–H groups in total. The Bertz CT molecular complexity index is 961. The number of carbonyl (C=O) groups excluding carboxylic acids is 1. The van der Waals surface area contributed by atoms with Gasteiger partial charge in [0.15, 0.2) is 0 Å². The SMILES string of the molecule is COc1ccc(-c2cc(OC(=O)NC3CCCC3)cc(-c3ccccc3)c2)cc1. The minimum absolute atomic E-state index is 0.223. The van der Waals surface area contributed by atoms with Crippen molar-refractivity contribution in [2.45, 2.75) is 31.7 Å². The standard InChI is InChI=1S/C25H25NO3/c1-28-23-13-11-19(12-14-23)21-15-20(18-7-3-2-4-8-18)16-24(17-21)29-25(27)26-22-9-5-6-10-22/h2-4,7-8,11-17,22H,5-6,9-10H2,1H3,(H,26,27). The van der Waals surface area contributed by atoms with E-state index in [-0.39, 0.29) is 12.1 Å². The maximum absolute atomic E-state index is 12.4. The fraction of sp³-hybridized carbons (Fsp3) is 0.240. The summed E-state index contributed by atoms with van der Waals surface area (Å²) >= 11 is 0. The fourth-order valence-electron chi connectivity index (χ4n) is 3.78. The second-order valence-electron chi connectivity index (χ2n) is 7.36. The Morgan fingerprint density at radius 3 is 2.03 bits per heavy atom. The molecular weight excluding hydrogens is 362 g/mol. The highest BCUT2D eigenvalue weighted by atomic mass is 16.6. The molecule has 0 aromatic heterocycles. The Morgan fingerprint density at radius 1 is 0.793 bits per heavy atom. The largest absolute Gasteiger partial charge is 0.497 e. The molecule has 0 radical (unpaired) electrons. The Labute approximate surface area is 171 Å². The summed E-state index contributed by atoms with van der Waals surface area (Å²) < 4.78 is 10.9. The molecule has 0 spiro atoms. The van der Waals surface area contributed by atoms with Gasteiger partial charge in [-0.15, -0.1) is 0 Å². The lowest BCUT2D eigenvalue weighted by Crippen LogP contribution is -2.34. The Balaban J connectivity index is 1.64. The average molecular weight is 387 g/mol. The van der Waals surface area contributed by atoms with E-state index in [2.05, 4.69) is 23.5 Å². The van der Waals surface area contributed by atoms with Crippen molar-refractivity contribution in [2.75, 3.05) is 7.11 Å². The average Bonchev–Trinajstić information content (AvgIpc) is 3.27. The summed E-state index contributed by atoms with van der Waals surface area (Å²) in [5.74, 6) is 1.34. The molecule has 3 aromatic carbocycles. The molecule has 4 heteroatoms. The van der Waals surface area contributed by atoms with Gasteiger partial charge in [0.2, 0.25) is 0 Å². The summed E-state index contributed by atoms with van der Waals surface area (Å²) in [7, 11) is 1.65. The number of nitrogens with one attached hydrogen (secondary N) is 1. The first-order valence-electron chi connectivity index (χ1n) is 10.0. The van der Waals surface area contributed by atoms with Gasteiger partial charge in [0, 0.05) is 6.04 Å². The minimum atomic E-state index is -0.386. The monoisotopic (exact) mass is 387 g/mol. The van der Waals surface area contributed by atoms with Crippen molar-refractivity contribution in [1.82, 2.24) is 5.32 Å². The molecule has 1 fully saturated rings. The molecule has 3 aromatic rings. The number of benzene rings is 3. The number of rotatable bonds is 5. The van der Waals surface area contributed by atoms with Crippen LogP contribution in [0.4, 0.5) is 4.79 Å². The zero-order valence-electron chi connectivity index (χ0n) is 16.6. The van der Waals surface area contributed by atoms with Crippen LogP contribution in [0.2, 0.25) is 0 Å². The third-order valence-electron chi connectivity index (χ3n) is 5.32. The van der Waals surface area contributed by atoms with Crippen LogP contribution in [0.25, 0.3) is 22.3 Å². The second kappa shape index (κ2) is 8.82.